The van der Waals surface area contributed by atoms with Gasteiger partial charge in [0.2, 0.25) is 11.8 Å². The van der Waals surface area contributed by atoms with Gasteiger partial charge in [0, 0.05) is 6.42 Å². The van der Waals surface area contributed by atoms with Gasteiger partial charge in [-0.25, -0.2) is 0 Å². The Morgan fingerprint density at radius 1 is 1.55 bits per heavy atom. The second-order valence-corrected chi connectivity index (χ2v) is 2.57. The largest absolute Gasteiger partial charge is 0.424 e. The Morgan fingerprint density at radius 3 is 2.73 bits per heavy atom. The highest BCUT2D eigenvalue weighted by Gasteiger charge is 2.07. The smallest absolute Gasteiger partial charge is 0.232 e. The van der Waals surface area contributed by atoms with E-state index in [2.05, 4.69) is 17.1 Å². The van der Waals surface area contributed by atoms with E-state index in [0.717, 1.165) is 12.8 Å². The molecule has 1 aromatic rings. The fraction of sp³-hybridized carbons (Fsp3) is 0.714. The quantitative estimate of drug-likeness (QED) is 0.708. The van der Waals surface area contributed by atoms with Crippen LogP contribution in [0.2, 0.25) is 0 Å². The summed E-state index contributed by atoms with van der Waals surface area (Å²) in [6, 6.07) is -0.159. The molecular weight excluding hydrogens is 142 g/mol. The predicted molar refractivity (Wildman–Crippen MR) is 40.9 cm³/mol. The number of aromatic nitrogens is 2. The SMILES string of the molecule is CCCc1nnc(C(C)N)o1. The van der Waals surface area contributed by atoms with Gasteiger partial charge in [-0.1, -0.05) is 6.92 Å². The molecule has 2 N–H and O–H groups in total. The average molecular weight is 155 g/mol. The zero-order valence-electron chi connectivity index (χ0n) is 6.87. The van der Waals surface area contributed by atoms with E-state index in [1.54, 1.807) is 0 Å². The Balaban J connectivity index is 2.66. The van der Waals surface area contributed by atoms with Crippen LogP contribution in [0.25, 0.3) is 0 Å². The molecule has 4 nitrogen and oxygen atoms in total. The maximum Gasteiger partial charge on any atom is 0.232 e. The molecule has 0 spiro atoms. The molecule has 11 heavy (non-hydrogen) atoms. The van der Waals surface area contributed by atoms with Gasteiger partial charge in [-0.15, -0.1) is 10.2 Å². The fourth-order valence-corrected chi connectivity index (χ4v) is 0.765. The molecule has 0 fully saturated rings. The van der Waals surface area contributed by atoms with Crippen LogP contribution in [0, 0.1) is 0 Å². The lowest BCUT2D eigenvalue weighted by atomic mass is 10.3. The highest BCUT2D eigenvalue weighted by atomic mass is 16.4. The van der Waals surface area contributed by atoms with Crippen molar-refractivity contribution < 1.29 is 4.42 Å². The van der Waals surface area contributed by atoms with E-state index in [1.807, 2.05) is 6.92 Å². The first-order valence-corrected chi connectivity index (χ1v) is 3.82. The minimum atomic E-state index is -0.159. The van der Waals surface area contributed by atoms with Gasteiger partial charge in [0.15, 0.2) is 0 Å². The Morgan fingerprint density at radius 2 is 2.27 bits per heavy atom. The molecule has 1 unspecified atom stereocenters. The van der Waals surface area contributed by atoms with Gasteiger partial charge in [0.05, 0.1) is 6.04 Å². The zero-order valence-corrected chi connectivity index (χ0v) is 6.87. The summed E-state index contributed by atoms with van der Waals surface area (Å²) in [5, 5.41) is 7.62. The molecule has 0 saturated heterocycles. The first-order chi connectivity index (χ1) is 5.24. The normalized spacial score (nSPS) is 13.4. The Bertz CT molecular complexity index is 219. The van der Waals surface area contributed by atoms with E-state index in [-0.39, 0.29) is 6.04 Å². The van der Waals surface area contributed by atoms with Gasteiger partial charge < -0.3 is 10.2 Å². The van der Waals surface area contributed by atoms with Crippen LogP contribution >= 0.6 is 0 Å². The lowest BCUT2D eigenvalue weighted by molar-refractivity contribution is 0.425. The topological polar surface area (TPSA) is 64.9 Å². The number of rotatable bonds is 3. The molecule has 1 rings (SSSR count). The standard InChI is InChI=1S/C7H13N3O/c1-3-4-6-9-10-7(11-6)5(2)8/h5H,3-4,8H2,1-2H3. The van der Waals surface area contributed by atoms with Gasteiger partial charge in [-0.2, -0.15) is 0 Å². The third-order valence-corrected chi connectivity index (χ3v) is 1.34. The highest BCUT2D eigenvalue weighted by Crippen LogP contribution is 2.08. The lowest BCUT2D eigenvalue weighted by Gasteiger charge is -1.94. The molecule has 1 atom stereocenters. The molecule has 0 saturated carbocycles. The van der Waals surface area contributed by atoms with Crippen LogP contribution in [0.3, 0.4) is 0 Å². The molecule has 0 aromatic carbocycles. The van der Waals surface area contributed by atoms with Crippen LogP contribution in [0.1, 0.15) is 38.1 Å². The van der Waals surface area contributed by atoms with Crippen molar-refractivity contribution in [2.75, 3.05) is 0 Å². The van der Waals surface area contributed by atoms with Gasteiger partial charge in [0.1, 0.15) is 0 Å². The second-order valence-electron chi connectivity index (χ2n) is 2.57. The zero-order chi connectivity index (χ0) is 8.27. The van der Waals surface area contributed by atoms with Crippen molar-refractivity contribution in [1.82, 2.24) is 10.2 Å². The second kappa shape index (κ2) is 3.48. The molecule has 1 aromatic heterocycles. The van der Waals surface area contributed by atoms with Crippen LogP contribution < -0.4 is 5.73 Å². The molecule has 0 aliphatic rings. The summed E-state index contributed by atoms with van der Waals surface area (Å²) in [6.45, 7) is 3.89. The minimum absolute atomic E-state index is 0.159. The number of nitrogens with zero attached hydrogens (tertiary/aromatic N) is 2. The van der Waals surface area contributed by atoms with Crippen LogP contribution in [0.15, 0.2) is 4.42 Å². The van der Waals surface area contributed by atoms with E-state index < -0.39 is 0 Å². The number of nitrogens with two attached hydrogens (primary N) is 1. The average Bonchev–Trinajstić information content (AvgIpc) is 2.37. The first-order valence-electron chi connectivity index (χ1n) is 3.82. The van der Waals surface area contributed by atoms with Crippen molar-refractivity contribution in [2.24, 2.45) is 5.73 Å². The number of hydrogen-bond acceptors (Lipinski definition) is 4. The molecule has 1 heterocycles. The van der Waals surface area contributed by atoms with E-state index in [1.165, 1.54) is 0 Å². The van der Waals surface area contributed by atoms with Crippen LogP contribution in [-0.4, -0.2) is 10.2 Å². The lowest BCUT2D eigenvalue weighted by Crippen LogP contribution is -2.04. The third kappa shape index (κ3) is 2.01. The predicted octanol–water partition coefficient (Wildman–Crippen LogP) is 1.04. The van der Waals surface area contributed by atoms with Gasteiger partial charge in [-0.05, 0) is 13.3 Å². The fourth-order valence-electron chi connectivity index (χ4n) is 0.765. The molecular formula is C7H13N3O. The maximum absolute atomic E-state index is 5.53. The summed E-state index contributed by atoms with van der Waals surface area (Å²) < 4.78 is 5.24. The summed E-state index contributed by atoms with van der Waals surface area (Å²) in [5.74, 6) is 1.20. The van der Waals surface area contributed by atoms with Crippen molar-refractivity contribution in [3.8, 4) is 0 Å². The molecule has 0 aliphatic heterocycles. The van der Waals surface area contributed by atoms with Crippen molar-refractivity contribution in [3.05, 3.63) is 11.8 Å². The van der Waals surface area contributed by atoms with E-state index >= 15 is 0 Å². The van der Waals surface area contributed by atoms with Gasteiger partial charge >= 0.3 is 0 Å². The molecule has 0 radical (unpaired) electrons. The maximum atomic E-state index is 5.53. The van der Waals surface area contributed by atoms with Crippen LogP contribution in [0.5, 0.6) is 0 Å². The van der Waals surface area contributed by atoms with E-state index in [9.17, 15) is 0 Å². The molecule has 0 bridgehead atoms. The van der Waals surface area contributed by atoms with Gasteiger partial charge in [-0.3, -0.25) is 0 Å². The number of aryl methyl sites for hydroxylation is 1. The van der Waals surface area contributed by atoms with E-state index in [0.29, 0.717) is 11.8 Å². The molecule has 0 aliphatic carbocycles. The Hall–Kier alpha value is -0.900. The van der Waals surface area contributed by atoms with Crippen LogP contribution in [-0.2, 0) is 6.42 Å². The van der Waals surface area contributed by atoms with Crippen molar-refractivity contribution in [2.45, 2.75) is 32.7 Å². The molecule has 0 amide bonds. The summed E-state index contributed by atoms with van der Waals surface area (Å²) >= 11 is 0. The minimum Gasteiger partial charge on any atom is -0.424 e. The number of hydrogen-bond donors (Lipinski definition) is 1. The third-order valence-electron chi connectivity index (χ3n) is 1.34. The first kappa shape index (κ1) is 8.20. The Labute approximate surface area is 65.8 Å². The Kier molecular flexibility index (Phi) is 2.59. The summed E-state index contributed by atoms with van der Waals surface area (Å²) in [7, 11) is 0. The van der Waals surface area contributed by atoms with Crippen LogP contribution in [0.4, 0.5) is 0 Å². The highest BCUT2D eigenvalue weighted by molar-refractivity contribution is 4.86. The summed E-state index contributed by atoms with van der Waals surface area (Å²) in [5.41, 5.74) is 5.53. The van der Waals surface area contributed by atoms with Gasteiger partial charge in [0.25, 0.3) is 0 Å². The molecule has 62 valence electrons. The van der Waals surface area contributed by atoms with Crippen molar-refractivity contribution >= 4 is 0 Å². The van der Waals surface area contributed by atoms with E-state index in [4.69, 9.17) is 10.2 Å². The molecule has 4 heteroatoms. The monoisotopic (exact) mass is 155 g/mol. The van der Waals surface area contributed by atoms with Crippen molar-refractivity contribution in [1.29, 1.82) is 0 Å². The van der Waals surface area contributed by atoms with Crippen molar-refractivity contribution in [3.63, 3.8) is 0 Å². The summed E-state index contributed by atoms with van der Waals surface area (Å²) in [6.07, 6.45) is 1.85. The summed E-state index contributed by atoms with van der Waals surface area (Å²) in [4.78, 5) is 0.